The second kappa shape index (κ2) is 6.84. The molecule has 3 aliphatic rings. The van der Waals surface area contributed by atoms with Crippen LogP contribution in [0.3, 0.4) is 0 Å². The summed E-state index contributed by atoms with van der Waals surface area (Å²) in [6.45, 7) is 4.79. The Labute approximate surface area is 143 Å². The number of amides is 1. The van der Waals surface area contributed by atoms with E-state index < -0.39 is 0 Å². The molecule has 0 radical (unpaired) electrons. The molecule has 2 saturated heterocycles. The molecule has 0 bridgehead atoms. The third kappa shape index (κ3) is 3.09. The van der Waals surface area contributed by atoms with Gasteiger partial charge in [-0.3, -0.25) is 9.69 Å². The lowest BCUT2D eigenvalue weighted by atomic mass is 9.90. The van der Waals surface area contributed by atoms with Crippen molar-refractivity contribution in [3.8, 4) is 0 Å². The van der Waals surface area contributed by atoms with Crippen molar-refractivity contribution in [1.82, 2.24) is 15.0 Å². The van der Waals surface area contributed by atoms with Crippen LogP contribution in [-0.2, 0) is 9.53 Å². The van der Waals surface area contributed by atoms with Crippen molar-refractivity contribution < 1.29 is 14.1 Å². The highest BCUT2D eigenvalue weighted by Crippen LogP contribution is 2.33. The maximum absolute atomic E-state index is 13.0. The second-order valence-electron chi connectivity index (χ2n) is 7.35. The van der Waals surface area contributed by atoms with E-state index in [0.717, 1.165) is 50.2 Å². The van der Waals surface area contributed by atoms with Crippen LogP contribution >= 0.6 is 0 Å². The quantitative estimate of drug-likeness (QED) is 0.849. The van der Waals surface area contributed by atoms with Crippen molar-refractivity contribution in [2.24, 2.45) is 0 Å². The van der Waals surface area contributed by atoms with Gasteiger partial charge in [-0.1, -0.05) is 18.0 Å². The molecule has 0 unspecified atom stereocenters. The van der Waals surface area contributed by atoms with Crippen LogP contribution in [0.5, 0.6) is 0 Å². The minimum absolute atomic E-state index is 0.193. The summed E-state index contributed by atoms with van der Waals surface area (Å²) in [6.07, 6.45) is 7.01. The van der Waals surface area contributed by atoms with E-state index in [2.05, 4.69) is 15.0 Å². The molecule has 3 atom stereocenters. The third-order valence-electron chi connectivity index (χ3n) is 5.73. The standard InChI is InChI=1S/C18H27N3O3/c1-13-11-17(24-19-13)14-6-4-8-20(14)12-18(22)21-9-10-23-16-7-3-2-5-15(16)21/h11,14-16H,2-10,12H2,1H3/t14-,15-,16+/m0/s1. The van der Waals surface area contributed by atoms with Crippen molar-refractivity contribution in [3.63, 3.8) is 0 Å². The average Bonchev–Trinajstić information content (AvgIpc) is 3.23. The minimum atomic E-state index is 0.193. The molecule has 1 saturated carbocycles. The van der Waals surface area contributed by atoms with Crippen LogP contribution in [0.25, 0.3) is 0 Å². The maximum atomic E-state index is 13.0. The number of hydrogen-bond donors (Lipinski definition) is 0. The number of morpholine rings is 1. The Bertz CT molecular complexity index is 586. The Morgan fingerprint density at radius 2 is 2.12 bits per heavy atom. The fourth-order valence-corrected chi connectivity index (χ4v) is 4.55. The molecule has 4 rings (SSSR count). The zero-order valence-corrected chi connectivity index (χ0v) is 14.4. The van der Waals surface area contributed by atoms with Crippen molar-refractivity contribution in [1.29, 1.82) is 0 Å². The van der Waals surface area contributed by atoms with E-state index in [1.165, 1.54) is 12.8 Å². The molecule has 1 aromatic rings. The smallest absolute Gasteiger partial charge is 0.237 e. The van der Waals surface area contributed by atoms with E-state index in [-0.39, 0.29) is 24.1 Å². The lowest BCUT2D eigenvalue weighted by molar-refractivity contribution is -0.150. The highest BCUT2D eigenvalue weighted by atomic mass is 16.5. The highest BCUT2D eigenvalue weighted by Gasteiger charge is 2.38. The van der Waals surface area contributed by atoms with Gasteiger partial charge >= 0.3 is 0 Å². The molecule has 24 heavy (non-hydrogen) atoms. The van der Waals surface area contributed by atoms with Crippen LogP contribution in [0, 0.1) is 6.92 Å². The van der Waals surface area contributed by atoms with Gasteiger partial charge in [0.2, 0.25) is 5.91 Å². The summed E-state index contributed by atoms with van der Waals surface area (Å²) in [7, 11) is 0. The number of likely N-dealkylation sites (tertiary alicyclic amines) is 1. The summed E-state index contributed by atoms with van der Waals surface area (Å²) in [5.74, 6) is 1.15. The van der Waals surface area contributed by atoms with Gasteiger partial charge in [-0.25, -0.2) is 0 Å². The molecule has 6 nitrogen and oxygen atoms in total. The number of hydrogen-bond acceptors (Lipinski definition) is 5. The molecular weight excluding hydrogens is 306 g/mol. The molecule has 1 aromatic heterocycles. The van der Waals surface area contributed by atoms with Gasteiger partial charge in [-0.2, -0.15) is 0 Å². The van der Waals surface area contributed by atoms with E-state index in [4.69, 9.17) is 9.26 Å². The topological polar surface area (TPSA) is 58.8 Å². The minimum Gasteiger partial charge on any atom is -0.374 e. The number of aryl methyl sites for hydroxylation is 1. The van der Waals surface area contributed by atoms with Gasteiger partial charge in [0.15, 0.2) is 5.76 Å². The summed E-state index contributed by atoms with van der Waals surface area (Å²) in [5.41, 5.74) is 0.904. The Morgan fingerprint density at radius 1 is 1.25 bits per heavy atom. The molecule has 3 heterocycles. The van der Waals surface area contributed by atoms with Gasteiger partial charge in [0.25, 0.3) is 0 Å². The van der Waals surface area contributed by atoms with E-state index in [9.17, 15) is 4.79 Å². The van der Waals surface area contributed by atoms with Gasteiger partial charge in [0.1, 0.15) is 0 Å². The van der Waals surface area contributed by atoms with Crippen LogP contribution < -0.4 is 0 Å². The van der Waals surface area contributed by atoms with E-state index in [1.807, 2.05) is 13.0 Å². The largest absolute Gasteiger partial charge is 0.374 e. The zero-order chi connectivity index (χ0) is 16.5. The molecule has 1 amide bonds. The predicted molar refractivity (Wildman–Crippen MR) is 88.5 cm³/mol. The number of ether oxygens (including phenoxy) is 1. The van der Waals surface area contributed by atoms with Gasteiger partial charge < -0.3 is 14.2 Å². The molecule has 1 aliphatic carbocycles. The van der Waals surface area contributed by atoms with Gasteiger partial charge in [0.05, 0.1) is 37.0 Å². The normalized spacial score (nSPS) is 31.2. The van der Waals surface area contributed by atoms with Crippen molar-refractivity contribution in [3.05, 3.63) is 17.5 Å². The maximum Gasteiger partial charge on any atom is 0.237 e. The van der Waals surface area contributed by atoms with Crippen LogP contribution in [0.4, 0.5) is 0 Å². The fraction of sp³-hybridized carbons (Fsp3) is 0.778. The Kier molecular flexibility index (Phi) is 4.59. The number of fused-ring (bicyclic) bond motifs is 1. The summed E-state index contributed by atoms with van der Waals surface area (Å²) >= 11 is 0. The first-order chi connectivity index (χ1) is 11.7. The van der Waals surface area contributed by atoms with Gasteiger partial charge in [-0.05, 0) is 39.2 Å². The third-order valence-corrected chi connectivity index (χ3v) is 5.73. The Balaban J connectivity index is 1.43. The van der Waals surface area contributed by atoms with Gasteiger partial charge in [0, 0.05) is 12.6 Å². The molecular formula is C18H27N3O3. The lowest BCUT2D eigenvalue weighted by Crippen LogP contribution is -2.56. The van der Waals surface area contributed by atoms with Crippen molar-refractivity contribution in [2.75, 3.05) is 26.2 Å². The van der Waals surface area contributed by atoms with E-state index >= 15 is 0 Å². The van der Waals surface area contributed by atoms with Crippen LogP contribution in [0.15, 0.2) is 10.6 Å². The first-order valence-electron chi connectivity index (χ1n) is 9.31. The molecule has 3 fully saturated rings. The lowest BCUT2D eigenvalue weighted by Gasteiger charge is -2.44. The molecule has 132 valence electrons. The molecule has 6 heteroatoms. The SMILES string of the molecule is Cc1cc([C@@H]2CCCN2CC(=O)N2CCO[C@@H]3CCCC[C@@H]32)on1. The summed E-state index contributed by atoms with van der Waals surface area (Å²) < 4.78 is 11.3. The van der Waals surface area contributed by atoms with Crippen molar-refractivity contribution >= 4 is 5.91 Å². The molecule has 0 aromatic carbocycles. The zero-order valence-electron chi connectivity index (χ0n) is 14.4. The number of rotatable bonds is 3. The molecule has 2 aliphatic heterocycles. The summed E-state index contributed by atoms with van der Waals surface area (Å²) in [6, 6.07) is 2.48. The molecule has 0 spiro atoms. The second-order valence-corrected chi connectivity index (χ2v) is 7.35. The molecule has 0 N–H and O–H groups in total. The number of carbonyl (C=O) groups is 1. The van der Waals surface area contributed by atoms with E-state index in [1.54, 1.807) is 0 Å². The number of carbonyl (C=O) groups excluding carboxylic acids is 1. The first-order valence-corrected chi connectivity index (χ1v) is 9.31. The first kappa shape index (κ1) is 16.1. The monoisotopic (exact) mass is 333 g/mol. The summed E-state index contributed by atoms with van der Waals surface area (Å²) in [5, 5.41) is 4.01. The Morgan fingerprint density at radius 3 is 2.96 bits per heavy atom. The van der Waals surface area contributed by atoms with Crippen LogP contribution in [-0.4, -0.2) is 59.3 Å². The van der Waals surface area contributed by atoms with E-state index in [0.29, 0.717) is 13.2 Å². The summed E-state index contributed by atoms with van der Waals surface area (Å²) in [4.78, 5) is 17.3. The van der Waals surface area contributed by atoms with Crippen molar-refractivity contribution in [2.45, 2.75) is 63.6 Å². The average molecular weight is 333 g/mol. The number of aromatic nitrogens is 1. The highest BCUT2D eigenvalue weighted by molar-refractivity contribution is 5.79. The number of nitrogens with zero attached hydrogens (tertiary/aromatic N) is 3. The fourth-order valence-electron chi connectivity index (χ4n) is 4.55. The van der Waals surface area contributed by atoms with Gasteiger partial charge in [-0.15, -0.1) is 0 Å². The predicted octanol–water partition coefficient (Wildman–Crippen LogP) is 2.29. The van der Waals surface area contributed by atoms with Crippen LogP contribution in [0.1, 0.15) is 56.0 Å². The Hall–Kier alpha value is -1.40. The van der Waals surface area contributed by atoms with Crippen LogP contribution in [0.2, 0.25) is 0 Å².